The zero-order valence-corrected chi connectivity index (χ0v) is 20.2. The van der Waals surface area contributed by atoms with Gasteiger partial charge in [-0.1, -0.05) is 62.2 Å². The normalized spacial score (nSPS) is 12.9. The molecule has 0 atom stereocenters. The number of fused-ring (bicyclic) bond motifs is 2. The van der Waals surface area contributed by atoms with Crippen LogP contribution in [0.25, 0.3) is 32.7 Å². The van der Waals surface area contributed by atoms with Crippen LogP contribution in [-0.2, 0) is 0 Å². The molecule has 4 aromatic rings. The van der Waals surface area contributed by atoms with Crippen molar-refractivity contribution < 1.29 is 40.6 Å². The highest BCUT2D eigenvalue weighted by molar-refractivity contribution is 9.10. The summed E-state index contributed by atoms with van der Waals surface area (Å²) in [5.74, 6) is -16.8. The van der Waals surface area contributed by atoms with Gasteiger partial charge in [0.15, 0.2) is 0 Å². The second-order valence-corrected chi connectivity index (χ2v) is 9.49. The minimum absolute atomic E-state index is 0.0516. The topological polar surface area (TPSA) is 37.3 Å². The molecule has 182 valence electrons. The molecule has 4 aromatic carbocycles. The van der Waals surface area contributed by atoms with Gasteiger partial charge in [-0.3, -0.25) is 4.79 Å². The Bertz CT molecular complexity index is 1500. The molecule has 0 aliphatic rings. The summed E-state index contributed by atoms with van der Waals surface area (Å²) in [4.78, 5) is 12.5. The summed E-state index contributed by atoms with van der Waals surface area (Å²) in [5, 5.41) is 12.4. The highest BCUT2D eigenvalue weighted by Gasteiger charge is 2.76. The van der Waals surface area contributed by atoms with Gasteiger partial charge in [-0.15, -0.1) is 0 Å². The SMILES string of the molecule is O=C(c1cc2cc(Br)ccc2c(-c2cccc3cc(Br)ccc23)c1O)C(F)(F)C(F)(F)C(F)(F)F. The van der Waals surface area contributed by atoms with Crippen molar-refractivity contribution in [3.8, 4) is 16.9 Å². The van der Waals surface area contributed by atoms with Crippen LogP contribution < -0.4 is 0 Å². The fraction of sp³-hybridized carbons (Fsp3) is 0.125. The fourth-order valence-electron chi connectivity index (χ4n) is 3.77. The molecule has 0 amide bonds. The smallest absolute Gasteiger partial charge is 0.460 e. The standard InChI is InChI=1S/C24H11Br2F7O2/c25-13-4-6-15-11(8-13)2-1-3-17(15)19-16-7-5-14(26)9-12(16)10-18(20(19)34)21(35)22(27,28)23(29,30)24(31,32)33/h1-10,34H. The number of hydrogen-bond donors (Lipinski definition) is 1. The van der Waals surface area contributed by atoms with Crippen molar-refractivity contribution >= 4 is 59.2 Å². The summed E-state index contributed by atoms with van der Waals surface area (Å²) in [6.07, 6.45) is -6.70. The van der Waals surface area contributed by atoms with Gasteiger partial charge in [-0.25, -0.2) is 0 Å². The lowest BCUT2D eigenvalue weighted by atomic mass is 9.88. The predicted octanol–water partition coefficient (Wildman–Crippen LogP) is 8.91. The van der Waals surface area contributed by atoms with E-state index in [0.29, 0.717) is 25.8 Å². The van der Waals surface area contributed by atoms with E-state index in [1.807, 2.05) is 0 Å². The van der Waals surface area contributed by atoms with Crippen molar-refractivity contribution in [2.24, 2.45) is 0 Å². The first kappa shape index (κ1) is 25.4. The second kappa shape index (κ2) is 8.48. The number of carbonyl (C=O) groups excluding carboxylic acids is 1. The third kappa shape index (κ3) is 4.08. The highest BCUT2D eigenvalue weighted by Crippen LogP contribution is 2.50. The van der Waals surface area contributed by atoms with Crippen LogP contribution in [0.2, 0.25) is 0 Å². The Morgan fingerprint density at radius 2 is 1.31 bits per heavy atom. The van der Waals surface area contributed by atoms with Crippen LogP contribution in [0.3, 0.4) is 0 Å². The lowest BCUT2D eigenvalue weighted by molar-refractivity contribution is -0.339. The van der Waals surface area contributed by atoms with Crippen molar-refractivity contribution in [1.29, 1.82) is 0 Å². The summed E-state index contributed by atoms with van der Waals surface area (Å²) in [6, 6.07) is 14.9. The maximum atomic E-state index is 14.3. The van der Waals surface area contributed by atoms with E-state index in [-0.39, 0.29) is 21.9 Å². The van der Waals surface area contributed by atoms with Crippen molar-refractivity contribution in [2.45, 2.75) is 18.0 Å². The Morgan fingerprint density at radius 3 is 1.91 bits per heavy atom. The number of phenols is 1. The second-order valence-electron chi connectivity index (χ2n) is 7.66. The number of benzene rings is 4. The lowest BCUT2D eigenvalue weighted by Crippen LogP contribution is -2.56. The molecule has 0 heterocycles. The van der Waals surface area contributed by atoms with E-state index in [4.69, 9.17) is 0 Å². The molecule has 0 saturated carbocycles. The van der Waals surface area contributed by atoms with E-state index >= 15 is 0 Å². The number of carbonyl (C=O) groups is 1. The first-order chi connectivity index (χ1) is 16.2. The monoisotopic (exact) mass is 622 g/mol. The van der Waals surface area contributed by atoms with Crippen LogP contribution in [0.4, 0.5) is 30.7 Å². The number of alkyl halides is 7. The lowest BCUT2D eigenvalue weighted by Gasteiger charge is -2.27. The molecule has 11 heteroatoms. The largest absolute Gasteiger partial charge is 0.507 e. The Hall–Kier alpha value is -2.66. The number of Topliss-reactive ketones (excluding diaryl/α,β-unsaturated/α-hetero) is 1. The van der Waals surface area contributed by atoms with Crippen molar-refractivity contribution in [3.63, 3.8) is 0 Å². The van der Waals surface area contributed by atoms with Crippen molar-refractivity contribution in [2.75, 3.05) is 0 Å². The molecule has 0 unspecified atom stereocenters. The summed E-state index contributed by atoms with van der Waals surface area (Å²) >= 11 is 6.49. The van der Waals surface area contributed by atoms with E-state index in [0.717, 1.165) is 0 Å². The molecule has 4 rings (SSSR count). The van der Waals surface area contributed by atoms with Gasteiger partial charge < -0.3 is 5.11 Å². The van der Waals surface area contributed by atoms with Gasteiger partial charge in [0.1, 0.15) is 5.75 Å². The van der Waals surface area contributed by atoms with E-state index < -0.39 is 35.1 Å². The van der Waals surface area contributed by atoms with Crippen LogP contribution in [0.15, 0.2) is 69.6 Å². The Balaban J connectivity index is 2.07. The zero-order valence-electron chi connectivity index (χ0n) is 17.0. The first-order valence-electron chi connectivity index (χ1n) is 9.68. The Kier molecular flexibility index (Phi) is 6.16. The molecular weight excluding hydrogens is 613 g/mol. The van der Waals surface area contributed by atoms with Crippen LogP contribution >= 0.6 is 31.9 Å². The Morgan fingerprint density at radius 1 is 0.743 bits per heavy atom. The van der Waals surface area contributed by atoms with Crippen LogP contribution in [0.5, 0.6) is 5.75 Å². The predicted molar refractivity (Wildman–Crippen MR) is 124 cm³/mol. The molecule has 35 heavy (non-hydrogen) atoms. The number of phenolic OH excluding ortho intramolecular Hbond substituents is 1. The number of aromatic hydroxyl groups is 1. The highest BCUT2D eigenvalue weighted by atomic mass is 79.9. The summed E-state index contributed by atoms with van der Waals surface area (Å²) < 4.78 is 95.2. The van der Waals surface area contributed by atoms with Gasteiger partial charge in [0.05, 0.1) is 5.56 Å². The van der Waals surface area contributed by atoms with Gasteiger partial charge in [0.25, 0.3) is 0 Å². The van der Waals surface area contributed by atoms with E-state index in [1.54, 1.807) is 36.4 Å². The molecule has 0 saturated heterocycles. The van der Waals surface area contributed by atoms with E-state index in [2.05, 4.69) is 31.9 Å². The minimum atomic E-state index is -6.70. The molecule has 0 aliphatic heterocycles. The Labute approximate surface area is 209 Å². The molecule has 0 bridgehead atoms. The molecule has 0 radical (unpaired) electrons. The number of ketones is 1. The average Bonchev–Trinajstić information content (AvgIpc) is 2.77. The number of hydrogen-bond acceptors (Lipinski definition) is 2. The summed E-state index contributed by atoms with van der Waals surface area (Å²) in [7, 11) is 0. The van der Waals surface area contributed by atoms with Gasteiger partial charge in [-0.2, -0.15) is 30.7 Å². The molecule has 0 spiro atoms. The zero-order chi connectivity index (χ0) is 25.9. The molecule has 0 aromatic heterocycles. The maximum absolute atomic E-state index is 14.3. The molecular formula is C24H11Br2F7O2. The van der Waals surface area contributed by atoms with Gasteiger partial charge in [0.2, 0.25) is 5.78 Å². The third-order valence-corrected chi connectivity index (χ3v) is 6.45. The van der Waals surface area contributed by atoms with Crippen molar-refractivity contribution in [1.82, 2.24) is 0 Å². The molecule has 1 N–H and O–H groups in total. The van der Waals surface area contributed by atoms with Gasteiger partial charge in [-0.05, 0) is 57.4 Å². The van der Waals surface area contributed by atoms with E-state index in [1.165, 1.54) is 18.2 Å². The quantitative estimate of drug-likeness (QED) is 0.182. The third-order valence-electron chi connectivity index (χ3n) is 5.47. The van der Waals surface area contributed by atoms with Crippen LogP contribution in [0.1, 0.15) is 10.4 Å². The van der Waals surface area contributed by atoms with Crippen LogP contribution in [-0.4, -0.2) is 28.9 Å². The average molecular weight is 624 g/mol. The van der Waals surface area contributed by atoms with E-state index in [9.17, 15) is 40.6 Å². The van der Waals surface area contributed by atoms with Crippen LogP contribution in [0, 0.1) is 0 Å². The molecule has 2 nitrogen and oxygen atoms in total. The van der Waals surface area contributed by atoms with Crippen molar-refractivity contribution in [3.05, 3.63) is 75.2 Å². The maximum Gasteiger partial charge on any atom is 0.460 e. The number of rotatable bonds is 4. The number of halogens is 9. The van der Waals surface area contributed by atoms with Gasteiger partial charge >= 0.3 is 18.0 Å². The minimum Gasteiger partial charge on any atom is -0.507 e. The summed E-state index contributed by atoms with van der Waals surface area (Å²) in [5.41, 5.74) is -1.29. The fourth-order valence-corrected chi connectivity index (χ4v) is 4.53. The first-order valence-corrected chi connectivity index (χ1v) is 11.3. The molecule has 0 aliphatic carbocycles. The molecule has 0 fully saturated rings. The van der Waals surface area contributed by atoms with Gasteiger partial charge in [0, 0.05) is 14.5 Å². The summed E-state index contributed by atoms with van der Waals surface area (Å²) in [6.45, 7) is 0.